The van der Waals surface area contributed by atoms with Crippen LogP contribution in [0.25, 0.3) is 0 Å². The van der Waals surface area contributed by atoms with Gasteiger partial charge in [0.2, 0.25) is 0 Å². The molecule has 0 saturated heterocycles. The Morgan fingerprint density at radius 1 is 1.30 bits per heavy atom. The fourth-order valence-electron chi connectivity index (χ4n) is 2.41. The average molecular weight is 299 g/mol. The summed E-state index contributed by atoms with van der Waals surface area (Å²) in [5.41, 5.74) is 1.23. The molecule has 1 rings (SSSR count). The van der Waals surface area contributed by atoms with Gasteiger partial charge in [0.25, 0.3) is 0 Å². The fraction of sp³-hybridized carbons (Fsp3) is 0.625. The molecule has 0 radical (unpaired) electrons. The highest BCUT2D eigenvalue weighted by Crippen LogP contribution is 2.21. The minimum Gasteiger partial charge on any atom is -0.395 e. The predicted molar refractivity (Wildman–Crippen MR) is 86.3 cm³/mol. The van der Waals surface area contributed by atoms with Crippen molar-refractivity contribution < 1.29 is 5.11 Å². The molecule has 0 aliphatic carbocycles. The number of aliphatic hydroxyl groups excluding tert-OH is 1. The monoisotopic (exact) mass is 298 g/mol. The summed E-state index contributed by atoms with van der Waals surface area (Å²) >= 11 is 6.08. The van der Waals surface area contributed by atoms with E-state index in [-0.39, 0.29) is 6.61 Å². The highest BCUT2D eigenvalue weighted by atomic mass is 35.5. The van der Waals surface area contributed by atoms with E-state index in [9.17, 15) is 0 Å². The third kappa shape index (κ3) is 5.80. The summed E-state index contributed by atoms with van der Waals surface area (Å²) in [6.45, 7) is 9.27. The van der Waals surface area contributed by atoms with E-state index in [1.165, 1.54) is 5.56 Å². The molecule has 4 heteroatoms. The molecule has 3 nitrogen and oxygen atoms in total. The molecule has 1 aromatic carbocycles. The summed E-state index contributed by atoms with van der Waals surface area (Å²) in [4.78, 5) is 2.30. The number of nitrogens with one attached hydrogen (secondary N) is 1. The summed E-state index contributed by atoms with van der Waals surface area (Å²) in [6, 6.07) is 8.80. The molecule has 114 valence electrons. The van der Waals surface area contributed by atoms with Crippen molar-refractivity contribution in [1.29, 1.82) is 0 Å². The largest absolute Gasteiger partial charge is 0.395 e. The fourth-order valence-corrected chi connectivity index (χ4v) is 2.61. The van der Waals surface area contributed by atoms with Crippen molar-refractivity contribution in [2.45, 2.75) is 39.3 Å². The van der Waals surface area contributed by atoms with Crippen LogP contribution in [0, 0.1) is 0 Å². The zero-order valence-corrected chi connectivity index (χ0v) is 13.5. The molecule has 0 saturated carbocycles. The van der Waals surface area contributed by atoms with Crippen molar-refractivity contribution >= 4 is 11.6 Å². The van der Waals surface area contributed by atoms with Crippen LogP contribution >= 0.6 is 11.6 Å². The normalized spacial score (nSPS) is 13.2. The first kappa shape index (κ1) is 17.4. The van der Waals surface area contributed by atoms with Crippen molar-refractivity contribution in [3.8, 4) is 0 Å². The summed E-state index contributed by atoms with van der Waals surface area (Å²) in [5, 5.41) is 13.4. The number of aliphatic hydroxyl groups is 1. The second kappa shape index (κ2) is 9.35. The third-order valence-electron chi connectivity index (χ3n) is 3.52. The summed E-state index contributed by atoms with van der Waals surface area (Å²) in [5.74, 6) is 0. The van der Waals surface area contributed by atoms with Gasteiger partial charge in [-0.05, 0) is 44.5 Å². The first-order chi connectivity index (χ1) is 9.58. The van der Waals surface area contributed by atoms with E-state index in [0.29, 0.717) is 12.1 Å². The Bertz CT molecular complexity index is 384. The third-order valence-corrected chi connectivity index (χ3v) is 3.76. The minimum atomic E-state index is 0.210. The topological polar surface area (TPSA) is 35.5 Å². The van der Waals surface area contributed by atoms with E-state index in [1.807, 2.05) is 18.2 Å². The quantitative estimate of drug-likeness (QED) is 0.735. The number of halogens is 1. The van der Waals surface area contributed by atoms with Crippen LogP contribution in [0.3, 0.4) is 0 Å². The van der Waals surface area contributed by atoms with E-state index < -0.39 is 0 Å². The number of hydrogen-bond acceptors (Lipinski definition) is 3. The van der Waals surface area contributed by atoms with Gasteiger partial charge in [-0.15, -0.1) is 0 Å². The van der Waals surface area contributed by atoms with Crippen LogP contribution in [0.15, 0.2) is 24.3 Å². The first-order valence-electron chi connectivity index (χ1n) is 7.42. The summed E-state index contributed by atoms with van der Waals surface area (Å²) in [7, 11) is 0. The molecule has 1 atom stereocenters. The Labute approximate surface area is 127 Å². The summed E-state index contributed by atoms with van der Waals surface area (Å²) in [6.07, 6.45) is 1.01. The van der Waals surface area contributed by atoms with Gasteiger partial charge in [0, 0.05) is 30.2 Å². The molecular weight excluding hydrogens is 272 g/mol. The van der Waals surface area contributed by atoms with Gasteiger partial charge >= 0.3 is 0 Å². The number of rotatable bonds is 9. The van der Waals surface area contributed by atoms with E-state index >= 15 is 0 Å². The SMILES string of the molecule is CCNC(CCN(CCO)C(C)C)c1cccc(Cl)c1. The highest BCUT2D eigenvalue weighted by molar-refractivity contribution is 6.30. The second-order valence-corrected chi connectivity index (χ2v) is 5.74. The van der Waals surface area contributed by atoms with Crippen LogP contribution in [0.5, 0.6) is 0 Å². The average Bonchev–Trinajstić information content (AvgIpc) is 2.41. The number of benzene rings is 1. The Morgan fingerprint density at radius 3 is 2.60 bits per heavy atom. The van der Waals surface area contributed by atoms with Crippen molar-refractivity contribution in [1.82, 2.24) is 10.2 Å². The van der Waals surface area contributed by atoms with E-state index in [4.69, 9.17) is 16.7 Å². The predicted octanol–water partition coefficient (Wildman–Crippen LogP) is 3.08. The molecule has 0 heterocycles. The Kier molecular flexibility index (Phi) is 8.15. The van der Waals surface area contributed by atoms with Gasteiger partial charge in [0.05, 0.1) is 6.61 Å². The maximum Gasteiger partial charge on any atom is 0.0558 e. The van der Waals surface area contributed by atoms with Gasteiger partial charge in [-0.1, -0.05) is 30.7 Å². The zero-order valence-electron chi connectivity index (χ0n) is 12.8. The Hall–Kier alpha value is -0.610. The maximum atomic E-state index is 9.13. The van der Waals surface area contributed by atoms with Crippen LogP contribution in [-0.2, 0) is 0 Å². The second-order valence-electron chi connectivity index (χ2n) is 5.31. The van der Waals surface area contributed by atoms with Gasteiger partial charge in [0.15, 0.2) is 0 Å². The van der Waals surface area contributed by atoms with Crippen molar-refractivity contribution in [2.75, 3.05) is 26.2 Å². The number of hydrogen-bond donors (Lipinski definition) is 2. The Morgan fingerprint density at radius 2 is 2.05 bits per heavy atom. The molecule has 0 fully saturated rings. The van der Waals surface area contributed by atoms with Gasteiger partial charge < -0.3 is 10.4 Å². The minimum absolute atomic E-state index is 0.210. The van der Waals surface area contributed by atoms with E-state index in [2.05, 4.69) is 37.1 Å². The van der Waals surface area contributed by atoms with Crippen LogP contribution in [-0.4, -0.2) is 42.3 Å². The lowest BCUT2D eigenvalue weighted by atomic mass is 10.0. The maximum absolute atomic E-state index is 9.13. The smallest absolute Gasteiger partial charge is 0.0558 e. The molecule has 1 unspecified atom stereocenters. The molecule has 0 aliphatic heterocycles. The standard InChI is InChI=1S/C16H27ClN2O/c1-4-18-16(14-6-5-7-15(17)12-14)8-9-19(10-11-20)13(2)3/h5-7,12-13,16,18,20H,4,8-11H2,1-3H3. The van der Waals surface area contributed by atoms with Crippen LogP contribution in [0.2, 0.25) is 5.02 Å². The van der Waals surface area contributed by atoms with Crippen LogP contribution < -0.4 is 5.32 Å². The molecule has 0 aliphatic rings. The van der Waals surface area contributed by atoms with Gasteiger partial charge in [-0.25, -0.2) is 0 Å². The first-order valence-corrected chi connectivity index (χ1v) is 7.80. The molecule has 0 aromatic heterocycles. The van der Waals surface area contributed by atoms with Gasteiger partial charge in [0.1, 0.15) is 0 Å². The van der Waals surface area contributed by atoms with Gasteiger partial charge in [-0.2, -0.15) is 0 Å². The van der Waals surface area contributed by atoms with E-state index in [0.717, 1.165) is 31.1 Å². The van der Waals surface area contributed by atoms with Crippen molar-refractivity contribution in [3.63, 3.8) is 0 Å². The number of nitrogens with zero attached hydrogens (tertiary/aromatic N) is 1. The molecular formula is C16H27ClN2O. The zero-order chi connectivity index (χ0) is 15.0. The molecule has 0 spiro atoms. The van der Waals surface area contributed by atoms with Gasteiger partial charge in [-0.3, -0.25) is 4.90 Å². The molecule has 20 heavy (non-hydrogen) atoms. The molecule has 2 N–H and O–H groups in total. The molecule has 1 aromatic rings. The van der Waals surface area contributed by atoms with Crippen molar-refractivity contribution in [2.24, 2.45) is 0 Å². The lowest BCUT2D eigenvalue weighted by Crippen LogP contribution is -2.36. The lowest BCUT2D eigenvalue weighted by molar-refractivity contribution is 0.159. The van der Waals surface area contributed by atoms with Crippen LogP contribution in [0.1, 0.15) is 38.8 Å². The summed E-state index contributed by atoms with van der Waals surface area (Å²) < 4.78 is 0. The van der Waals surface area contributed by atoms with Crippen LogP contribution in [0.4, 0.5) is 0 Å². The molecule has 0 amide bonds. The Balaban J connectivity index is 2.67. The highest BCUT2D eigenvalue weighted by Gasteiger charge is 2.14. The lowest BCUT2D eigenvalue weighted by Gasteiger charge is -2.28. The van der Waals surface area contributed by atoms with E-state index in [1.54, 1.807) is 0 Å². The molecule has 0 bridgehead atoms. The van der Waals surface area contributed by atoms with Crippen molar-refractivity contribution in [3.05, 3.63) is 34.9 Å².